The van der Waals surface area contributed by atoms with Crippen molar-refractivity contribution in [1.29, 1.82) is 0 Å². The predicted molar refractivity (Wildman–Crippen MR) is 105 cm³/mol. The number of carbonyl (C=O) groups is 1. The van der Waals surface area contributed by atoms with Crippen LogP contribution in [0.25, 0.3) is 0 Å². The fraction of sp³-hybridized carbons (Fsp3) is 0.650. The van der Waals surface area contributed by atoms with Crippen LogP contribution in [-0.4, -0.2) is 37.3 Å². The maximum Gasteiger partial charge on any atom is 0.251 e. The second kappa shape index (κ2) is 7.31. The van der Waals surface area contributed by atoms with Crippen molar-refractivity contribution in [3.63, 3.8) is 0 Å². The van der Waals surface area contributed by atoms with Crippen molar-refractivity contribution < 1.29 is 13.2 Å². The number of sulfonamides is 1. The number of hydrogen-bond acceptors (Lipinski definition) is 3. The summed E-state index contributed by atoms with van der Waals surface area (Å²) in [5.41, 5.74) is 0.750. The zero-order chi connectivity index (χ0) is 19.8. The van der Waals surface area contributed by atoms with Crippen molar-refractivity contribution in [3.8, 4) is 0 Å². The highest BCUT2D eigenvalue weighted by Crippen LogP contribution is 2.28. The van der Waals surface area contributed by atoms with E-state index in [1.807, 2.05) is 13.8 Å². The number of amides is 1. The van der Waals surface area contributed by atoms with Crippen molar-refractivity contribution in [3.05, 3.63) is 29.3 Å². The summed E-state index contributed by atoms with van der Waals surface area (Å²) in [5, 5.41) is 3.05. The lowest BCUT2D eigenvalue weighted by atomic mass is 9.81. The number of hydrogen-bond donors (Lipinski definition) is 1. The zero-order valence-corrected chi connectivity index (χ0v) is 17.7. The number of nitrogens with one attached hydrogen (secondary N) is 1. The molecule has 1 heterocycles. The van der Waals surface area contributed by atoms with Crippen LogP contribution < -0.4 is 5.32 Å². The molecule has 1 aromatic carbocycles. The number of rotatable bonds is 5. The summed E-state index contributed by atoms with van der Waals surface area (Å²) in [6.45, 7) is 13.3. The topological polar surface area (TPSA) is 66.5 Å². The van der Waals surface area contributed by atoms with E-state index in [1.165, 1.54) is 10.4 Å². The minimum absolute atomic E-state index is 0.0777. The molecule has 0 saturated carbocycles. The van der Waals surface area contributed by atoms with Crippen molar-refractivity contribution in [1.82, 2.24) is 9.62 Å². The molecule has 1 aromatic rings. The third-order valence-electron chi connectivity index (χ3n) is 4.56. The molecule has 1 fully saturated rings. The second-order valence-corrected chi connectivity index (χ2v) is 11.1. The van der Waals surface area contributed by atoms with E-state index in [4.69, 9.17) is 0 Å². The molecule has 1 N–H and O–H groups in total. The minimum atomic E-state index is -3.54. The maximum atomic E-state index is 12.9. The molecule has 0 spiro atoms. The first-order valence-corrected chi connectivity index (χ1v) is 10.7. The highest BCUT2D eigenvalue weighted by atomic mass is 32.2. The second-order valence-electron chi connectivity index (χ2n) is 9.17. The molecule has 1 aliphatic heterocycles. The Labute approximate surface area is 158 Å². The van der Waals surface area contributed by atoms with Gasteiger partial charge < -0.3 is 5.32 Å². The maximum absolute atomic E-state index is 12.9. The number of nitrogens with zero attached hydrogens (tertiary/aromatic N) is 1. The predicted octanol–water partition coefficient (Wildman–Crippen LogP) is 3.72. The normalized spacial score (nSPS) is 16.7. The average Bonchev–Trinajstić information content (AvgIpc) is 2.98. The van der Waals surface area contributed by atoms with E-state index in [-0.39, 0.29) is 21.8 Å². The highest BCUT2D eigenvalue weighted by molar-refractivity contribution is 7.89. The first kappa shape index (κ1) is 20.9. The van der Waals surface area contributed by atoms with Crippen LogP contribution in [0.15, 0.2) is 23.1 Å². The summed E-state index contributed by atoms with van der Waals surface area (Å²) >= 11 is 0. The van der Waals surface area contributed by atoms with Gasteiger partial charge in [-0.15, -0.1) is 0 Å². The van der Waals surface area contributed by atoms with Gasteiger partial charge in [0, 0.05) is 24.2 Å². The molecule has 0 aromatic heterocycles. The first-order valence-electron chi connectivity index (χ1n) is 9.25. The smallest absolute Gasteiger partial charge is 0.251 e. The molecule has 26 heavy (non-hydrogen) atoms. The zero-order valence-electron chi connectivity index (χ0n) is 16.8. The van der Waals surface area contributed by atoms with Crippen LogP contribution in [0.1, 0.15) is 69.8 Å². The highest BCUT2D eigenvalue weighted by Gasteiger charge is 2.30. The lowest BCUT2D eigenvalue weighted by Gasteiger charge is -2.33. The molecule has 0 unspecified atom stereocenters. The summed E-state index contributed by atoms with van der Waals surface area (Å²) in [4.78, 5) is 13.0. The van der Waals surface area contributed by atoms with E-state index in [0.717, 1.165) is 19.3 Å². The average molecular weight is 381 g/mol. The van der Waals surface area contributed by atoms with Crippen molar-refractivity contribution >= 4 is 15.9 Å². The molecule has 146 valence electrons. The van der Waals surface area contributed by atoms with Crippen molar-refractivity contribution in [2.24, 2.45) is 5.41 Å². The van der Waals surface area contributed by atoms with Gasteiger partial charge in [-0.1, -0.05) is 26.8 Å². The van der Waals surface area contributed by atoms with Gasteiger partial charge in [-0.2, -0.15) is 4.31 Å². The molecule has 0 atom stereocenters. The van der Waals surface area contributed by atoms with Gasteiger partial charge in [0.15, 0.2) is 0 Å². The van der Waals surface area contributed by atoms with E-state index >= 15 is 0 Å². The van der Waals surface area contributed by atoms with Crippen LogP contribution in [0.2, 0.25) is 0 Å². The van der Waals surface area contributed by atoms with E-state index < -0.39 is 10.0 Å². The van der Waals surface area contributed by atoms with E-state index in [9.17, 15) is 13.2 Å². The Balaban J connectivity index is 2.27. The summed E-state index contributed by atoms with van der Waals surface area (Å²) < 4.78 is 27.3. The van der Waals surface area contributed by atoms with Crippen molar-refractivity contribution in [2.45, 2.75) is 71.2 Å². The Hall–Kier alpha value is -1.40. The third-order valence-corrected chi connectivity index (χ3v) is 6.60. The largest absolute Gasteiger partial charge is 0.347 e. The van der Waals surface area contributed by atoms with Gasteiger partial charge in [-0.25, -0.2) is 8.42 Å². The fourth-order valence-corrected chi connectivity index (χ4v) is 5.60. The van der Waals surface area contributed by atoms with Gasteiger partial charge in [0.05, 0.1) is 4.90 Å². The van der Waals surface area contributed by atoms with Crippen LogP contribution in [0.4, 0.5) is 0 Å². The third kappa shape index (κ3) is 5.07. The van der Waals surface area contributed by atoms with Gasteiger partial charge in [0.2, 0.25) is 10.0 Å². The molecule has 1 amide bonds. The van der Waals surface area contributed by atoms with E-state index in [2.05, 4.69) is 26.1 Å². The molecule has 5 nitrogen and oxygen atoms in total. The molecule has 6 heteroatoms. The Morgan fingerprint density at radius 2 is 1.69 bits per heavy atom. The first-order chi connectivity index (χ1) is 11.8. The molecule has 1 aliphatic rings. The molecule has 2 rings (SSSR count). The lowest BCUT2D eigenvalue weighted by Crippen LogP contribution is -2.45. The van der Waals surface area contributed by atoms with Crippen LogP contribution in [0.5, 0.6) is 0 Å². The summed E-state index contributed by atoms with van der Waals surface area (Å²) in [7, 11) is -3.54. The van der Waals surface area contributed by atoms with Crippen molar-refractivity contribution in [2.75, 3.05) is 13.1 Å². The van der Waals surface area contributed by atoms with E-state index in [0.29, 0.717) is 24.2 Å². The molecule has 0 radical (unpaired) electrons. The Morgan fingerprint density at radius 3 is 2.23 bits per heavy atom. The van der Waals surface area contributed by atoms with Gasteiger partial charge in [0.1, 0.15) is 0 Å². The Kier molecular flexibility index (Phi) is 5.88. The molecular weight excluding hydrogens is 348 g/mol. The number of benzene rings is 1. The quantitative estimate of drug-likeness (QED) is 0.846. The van der Waals surface area contributed by atoms with Crippen LogP contribution in [0.3, 0.4) is 0 Å². The molecule has 1 saturated heterocycles. The van der Waals surface area contributed by atoms with Gasteiger partial charge in [-0.05, 0) is 63.1 Å². The number of carbonyl (C=O) groups excluding carboxylic acids is 1. The van der Waals surface area contributed by atoms with Gasteiger partial charge in [0.25, 0.3) is 5.91 Å². The SMILES string of the molecule is Cc1ccc(C(=O)NC(C)(C)CC(C)(C)C)cc1S(=O)(=O)N1CCCC1. The monoisotopic (exact) mass is 380 g/mol. The lowest BCUT2D eigenvalue weighted by molar-refractivity contribution is 0.0891. The molecule has 0 bridgehead atoms. The van der Waals surface area contributed by atoms with Crippen LogP contribution in [0, 0.1) is 12.3 Å². The summed E-state index contributed by atoms with van der Waals surface area (Å²) in [6.07, 6.45) is 2.59. The van der Waals surface area contributed by atoms with Gasteiger partial charge in [-0.3, -0.25) is 4.79 Å². The molecule has 0 aliphatic carbocycles. The standard InChI is InChI=1S/C20H32N2O3S/c1-15-9-10-16(18(23)21-20(5,6)14-19(2,3)4)13-17(15)26(24,25)22-11-7-8-12-22/h9-10,13H,7-8,11-12,14H2,1-6H3,(H,21,23). The van der Waals surface area contributed by atoms with Gasteiger partial charge >= 0.3 is 0 Å². The minimum Gasteiger partial charge on any atom is -0.347 e. The Bertz CT molecular complexity index is 771. The van der Waals surface area contributed by atoms with Crippen LogP contribution in [-0.2, 0) is 10.0 Å². The fourth-order valence-electron chi connectivity index (χ4n) is 3.84. The summed E-state index contributed by atoms with van der Waals surface area (Å²) in [6, 6.07) is 4.93. The van der Waals surface area contributed by atoms with E-state index in [1.54, 1.807) is 19.1 Å². The van der Waals surface area contributed by atoms with Crippen LogP contribution >= 0.6 is 0 Å². The molecular formula is C20H32N2O3S. The number of aryl methyl sites for hydroxylation is 1. The summed E-state index contributed by atoms with van der Waals surface area (Å²) in [5.74, 6) is -0.239. The Morgan fingerprint density at radius 1 is 1.12 bits per heavy atom.